The largest absolute Gasteiger partial charge is 0.396 e. The van der Waals surface area contributed by atoms with E-state index in [0.29, 0.717) is 30.0 Å². The smallest absolute Gasteiger partial charge is 0.254 e. The third-order valence-corrected chi connectivity index (χ3v) is 4.61. The van der Waals surface area contributed by atoms with Gasteiger partial charge in [0.05, 0.1) is 27.0 Å². The van der Waals surface area contributed by atoms with Crippen molar-refractivity contribution >= 4 is 44.7 Å². The van der Waals surface area contributed by atoms with Crippen molar-refractivity contribution in [3.63, 3.8) is 0 Å². The number of nitrogens with one attached hydrogen (secondary N) is 3. The first-order valence-electron chi connectivity index (χ1n) is 8.82. The quantitative estimate of drug-likeness (QED) is 0.444. The molecule has 7 nitrogen and oxygen atoms in total. The molecule has 1 aromatic carbocycles. The number of aromatic nitrogens is 2. The van der Waals surface area contributed by atoms with Gasteiger partial charge in [-0.05, 0) is 38.5 Å². The van der Waals surface area contributed by atoms with Crippen LogP contribution in [0, 0.1) is 0 Å². The van der Waals surface area contributed by atoms with Gasteiger partial charge in [0.1, 0.15) is 5.82 Å². The van der Waals surface area contributed by atoms with E-state index in [2.05, 4.69) is 25.9 Å². The Morgan fingerprint density at radius 3 is 2.89 bits per heavy atom. The Balaban J connectivity index is 1.82. The molecule has 4 N–H and O–H groups in total. The van der Waals surface area contributed by atoms with Crippen molar-refractivity contribution in [2.24, 2.45) is 0 Å². The second-order valence-electron chi connectivity index (χ2n) is 6.41. The van der Waals surface area contributed by atoms with Crippen LogP contribution in [0.5, 0.6) is 0 Å². The summed E-state index contributed by atoms with van der Waals surface area (Å²) in [4.78, 5) is 21.1. The normalized spacial score (nSPS) is 11.0. The summed E-state index contributed by atoms with van der Waals surface area (Å²) in [5.41, 5.74) is 4.89. The van der Waals surface area contributed by atoms with Crippen molar-refractivity contribution in [3.8, 4) is 0 Å². The van der Waals surface area contributed by atoms with Gasteiger partial charge in [0.15, 0.2) is 0 Å². The number of benzene rings is 1. The third kappa shape index (κ3) is 4.93. The van der Waals surface area contributed by atoms with Crippen LogP contribution in [0.3, 0.4) is 0 Å². The summed E-state index contributed by atoms with van der Waals surface area (Å²) in [5, 5.41) is 18.2. The first kappa shape index (κ1) is 19.1. The lowest BCUT2D eigenvalue weighted by Crippen LogP contribution is -2.27. The molecule has 142 valence electrons. The minimum absolute atomic E-state index is 0.0442. The molecule has 0 bridgehead atoms. The molecule has 0 saturated heterocycles. The third-order valence-electron chi connectivity index (χ3n) is 3.82. The maximum absolute atomic E-state index is 12.4. The van der Waals surface area contributed by atoms with Crippen LogP contribution in [0.25, 0.3) is 10.2 Å². The van der Waals surface area contributed by atoms with Gasteiger partial charge in [0.25, 0.3) is 5.91 Å². The van der Waals surface area contributed by atoms with Crippen molar-refractivity contribution in [3.05, 3.63) is 41.5 Å². The Labute approximate surface area is 161 Å². The minimum atomic E-state index is -0.211. The van der Waals surface area contributed by atoms with Crippen LogP contribution in [0.2, 0.25) is 0 Å². The molecule has 3 aromatic rings. The predicted molar refractivity (Wildman–Crippen MR) is 110 cm³/mol. The van der Waals surface area contributed by atoms with Crippen molar-refractivity contribution in [2.75, 3.05) is 23.8 Å². The lowest BCUT2D eigenvalue weighted by Gasteiger charge is -2.16. The molecule has 0 atom stereocenters. The number of rotatable bonds is 8. The first-order valence-corrected chi connectivity index (χ1v) is 9.70. The monoisotopic (exact) mass is 385 g/mol. The Morgan fingerprint density at radius 1 is 1.26 bits per heavy atom. The molecule has 0 fully saturated rings. The van der Waals surface area contributed by atoms with E-state index in [-0.39, 0.29) is 18.6 Å². The van der Waals surface area contributed by atoms with E-state index in [0.717, 1.165) is 15.9 Å². The van der Waals surface area contributed by atoms with Crippen molar-refractivity contribution in [2.45, 2.75) is 26.3 Å². The molecular weight excluding hydrogens is 362 g/mol. The molecule has 1 amide bonds. The molecule has 0 unspecified atom stereocenters. The summed E-state index contributed by atoms with van der Waals surface area (Å²) in [5.74, 6) is 0.436. The van der Waals surface area contributed by atoms with E-state index in [4.69, 9.17) is 5.11 Å². The summed E-state index contributed by atoms with van der Waals surface area (Å²) < 4.78 is 1.10. The number of thiazole rings is 1. The Morgan fingerprint density at radius 2 is 2.11 bits per heavy atom. The fraction of sp³-hybridized carbons (Fsp3) is 0.316. The Hall–Kier alpha value is -2.71. The van der Waals surface area contributed by atoms with Crippen LogP contribution < -0.4 is 16.0 Å². The van der Waals surface area contributed by atoms with Crippen LogP contribution in [0.1, 0.15) is 30.6 Å². The zero-order valence-electron chi connectivity index (χ0n) is 15.3. The van der Waals surface area contributed by atoms with Crippen LogP contribution in [-0.2, 0) is 0 Å². The molecule has 0 saturated carbocycles. The summed E-state index contributed by atoms with van der Waals surface area (Å²) in [6.45, 7) is 4.49. The lowest BCUT2D eigenvalue weighted by molar-refractivity contribution is 0.0951. The van der Waals surface area contributed by atoms with Gasteiger partial charge in [-0.25, -0.2) is 9.97 Å². The van der Waals surface area contributed by atoms with Crippen LogP contribution >= 0.6 is 11.3 Å². The number of amides is 1. The van der Waals surface area contributed by atoms with Crippen molar-refractivity contribution in [1.29, 1.82) is 0 Å². The van der Waals surface area contributed by atoms with Gasteiger partial charge < -0.3 is 21.1 Å². The lowest BCUT2D eigenvalue weighted by atomic mass is 10.2. The standard InChI is InChI=1S/C19H23N5O2S/c1-12(2)23-16-9-18(21-10-14(16)19(26)20-6-3-7-25)24-13-4-5-15-17(8-13)27-11-22-15/h4-5,8-12,25H,3,6-7H2,1-2H3,(H,20,26)(H2,21,23,24). The van der Waals surface area contributed by atoms with Crippen LogP contribution in [0.4, 0.5) is 17.2 Å². The number of pyridine rings is 1. The summed E-state index contributed by atoms with van der Waals surface area (Å²) in [6.07, 6.45) is 2.08. The molecule has 2 aromatic heterocycles. The van der Waals surface area contributed by atoms with Crippen molar-refractivity contribution in [1.82, 2.24) is 15.3 Å². The van der Waals surface area contributed by atoms with Crippen molar-refractivity contribution < 1.29 is 9.90 Å². The number of nitrogens with zero attached hydrogens (tertiary/aromatic N) is 2. The van der Waals surface area contributed by atoms with E-state index in [1.165, 1.54) is 0 Å². The number of aliphatic hydroxyl groups excluding tert-OH is 1. The number of hydrogen-bond donors (Lipinski definition) is 4. The van der Waals surface area contributed by atoms with Gasteiger partial charge in [-0.2, -0.15) is 0 Å². The van der Waals surface area contributed by atoms with Gasteiger partial charge in [-0.3, -0.25) is 4.79 Å². The van der Waals surface area contributed by atoms with E-state index >= 15 is 0 Å². The molecule has 0 spiro atoms. The predicted octanol–water partition coefficient (Wildman–Crippen LogP) is 3.37. The van der Waals surface area contributed by atoms with E-state index < -0.39 is 0 Å². The first-order chi connectivity index (χ1) is 13.1. The molecule has 0 radical (unpaired) electrons. The highest BCUT2D eigenvalue weighted by Gasteiger charge is 2.14. The summed E-state index contributed by atoms with van der Waals surface area (Å²) >= 11 is 1.58. The van der Waals surface area contributed by atoms with Gasteiger partial charge >= 0.3 is 0 Å². The maximum atomic E-state index is 12.4. The summed E-state index contributed by atoms with van der Waals surface area (Å²) in [7, 11) is 0. The van der Waals surface area contributed by atoms with Gasteiger partial charge in [-0.15, -0.1) is 11.3 Å². The zero-order chi connectivity index (χ0) is 19.2. The zero-order valence-corrected chi connectivity index (χ0v) is 16.1. The highest BCUT2D eigenvalue weighted by Crippen LogP contribution is 2.26. The van der Waals surface area contributed by atoms with Gasteiger partial charge in [-0.1, -0.05) is 0 Å². The minimum Gasteiger partial charge on any atom is -0.396 e. The molecular formula is C19H23N5O2S. The van der Waals surface area contributed by atoms with E-state index in [9.17, 15) is 4.79 Å². The second kappa shape index (κ2) is 8.79. The average Bonchev–Trinajstić information content (AvgIpc) is 3.09. The highest BCUT2D eigenvalue weighted by atomic mass is 32.1. The fourth-order valence-electron chi connectivity index (χ4n) is 2.59. The van der Waals surface area contributed by atoms with Crippen LogP contribution in [0.15, 0.2) is 36.0 Å². The molecule has 2 heterocycles. The maximum Gasteiger partial charge on any atom is 0.254 e. The molecule has 0 aliphatic heterocycles. The number of aliphatic hydroxyl groups is 1. The average molecular weight is 385 g/mol. The molecule has 8 heteroatoms. The fourth-order valence-corrected chi connectivity index (χ4v) is 3.31. The second-order valence-corrected chi connectivity index (χ2v) is 7.29. The number of fused-ring (bicyclic) bond motifs is 1. The number of carbonyl (C=O) groups is 1. The van der Waals surface area contributed by atoms with Crippen LogP contribution in [-0.4, -0.2) is 40.2 Å². The van der Waals surface area contributed by atoms with E-state index in [1.54, 1.807) is 17.5 Å². The molecule has 3 rings (SSSR count). The van der Waals surface area contributed by atoms with Gasteiger partial charge in [0.2, 0.25) is 0 Å². The molecule has 27 heavy (non-hydrogen) atoms. The molecule has 0 aliphatic carbocycles. The molecule has 0 aliphatic rings. The topological polar surface area (TPSA) is 99.2 Å². The highest BCUT2D eigenvalue weighted by molar-refractivity contribution is 7.16. The summed E-state index contributed by atoms with van der Waals surface area (Å²) in [6, 6.07) is 7.94. The van der Waals surface area contributed by atoms with E-state index in [1.807, 2.05) is 43.6 Å². The SMILES string of the molecule is CC(C)Nc1cc(Nc2ccc3ncsc3c2)ncc1C(=O)NCCCO. The Kier molecular flexibility index (Phi) is 6.20. The number of hydrogen-bond acceptors (Lipinski definition) is 7. The number of anilines is 3. The number of carbonyl (C=O) groups excluding carboxylic acids is 1. The van der Waals surface area contributed by atoms with Gasteiger partial charge in [0, 0.05) is 37.1 Å². The Bertz CT molecular complexity index is 925.